The van der Waals surface area contributed by atoms with Gasteiger partial charge in [-0.2, -0.15) is 0 Å². The van der Waals surface area contributed by atoms with E-state index in [-0.39, 0.29) is 12.1 Å². The van der Waals surface area contributed by atoms with Gasteiger partial charge in [-0.3, -0.25) is 4.90 Å². The normalized spacial score (nSPS) is 12.9. The molecule has 3 nitrogen and oxygen atoms in total. The van der Waals surface area contributed by atoms with E-state index >= 15 is 0 Å². The van der Waals surface area contributed by atoms with Gasteiger partial charge in [0.1, 0.15) is 11.6 Å². The Morgan fingerprint density at radius 1 is 1.37 bits per heavy atom. The van der Waals surface area contributed by atoms with E-state index in [2.05, 4.69) is 4.98 Å². The lowest BCUT2D eigenvalue weighted by molar-refractivity contribution is 0.229. The molecular formula is C13H15F2N3S. The van der Waals surface area contributed by atoms with Crippen molar-refractivity contribution in [3.8, 4) is 0 Å². The first-order valence-corrected chi connectivity index (χ1v) is 6.79. The van der Waals surface area contributed by atoms with Crippen LogP contribution >= 0.6 is 11.3 Å². The Morgan fingerprint density at radius 2 is 2.05 bits per heavy atom. The summed E-state index contributed by atoms with van der Waals surface area (Å²) in [6.45, 7) is 0.637. The van der Waals surface area contributed by atoms with Crippen molar-refractivity contribution in [1.82, 2.24) is 9.88 Å². The third kappa shape index (κ3) is 3.15. The molecule has 0 amide bonds. The van der Waals surface area contributed by atoms with E-state index in [1.165, 1.54) is 29.5 Å². The zero-order valence-corrected chi connectivity index (χ0v) is 11.3. The van der Waals surface area contributed by atoms with Gasteiger partial charge in [0.2, 0.25) is 0 Å². The molecule has 1 aromatic heterocycles. The molecule has 0 saturated heterocycles. The predicted molar refractivity (Wildman–Crippen MR) is 71.7 cm³/mol. The smallest absolute Gasteiger partial charge is 0.130 e. The van der Waals surface area contributed by atoms with Crippen LogP contribution in [0.2, 0.25) is 0 Å². The summed E-state index contributed by atoms with van der Waals surface area (Å²) in [5.74, 6) is -1.14. The summed E-state index contributed by atoms with van der Waals surface area (Å²) in [6.07, 6.45) is 0. The van der Waals surface area contributed by atoms with Gasteiger partial charge in [0, 0.05) is 24.0 Å². The summed E-state index contributed by atoms with van der Waals surface area (Å²) in [4.78, 5) is 5.96. The standard InChI is InChI=1S/C13H15F2N3S/c1-18(6-9-7-19-8-17-9)12(5-16)13-10(14)3-2-4-11(13)15/h2-4,7-8,12H,5-6,16H2,1H3. The van der Waals surface area contributed by atoms with Crippen molar-refractivity contribution in [2.75, 3.05) is 13.6 Å². The number of thiazole rings is 1. The van der Waals surface area contributed by atoms with Gasteiger partial charge >= 0.3 is 0 Å². The number of nitrogens with zero attached hydrogens (tertiary/aromatic N) is 2. The van der Waals surface area contributed by atoms with Crippen LogP contribution in [0.5, 0.6) is 0 Å². The molecule has 2 N–H and O–H groups in total. The van der Waals surface area contributed by atoms with E-state index in [1.807, 2.05) is 5.38 Å². The fourth-order valence-electron chi connectivity index (χ4n) is 2.03. The Hall–Kier alpha value is -1.37. The first-order chi connectivity index (χ1) is 9.13. The summed E-state index contributed by atoms with van der Waals surface area (Å²) < 4.78 is 27.6. The van der Waals surface area contributed by atoms with Gasteiger partial charge in [-0.05, 0) is 19.2 Å². The summed E-state index contributed by atoms with van der Waals surface area (Å²) in [6, 6.07) is 3.33. The highest BCUT2D eigenvalue weighted by Crippen LogP contribution is 2.25. The van der Waals surface area contributed by atoms with Gasteiger partial charge < -0.3 is 5.73 Å². The molecule has 102 valence electrons. The highest BCUT2D eigenvalue weighted by atomic mass is 32.1. The molecule has 0 radical (unpaired) electrons. The maximum atomic E-state index is 13.8. The summed E-state index contributed by atoms with van der Waals surface area (Å²) >= 11 is 1.49. The van der Waals surface area contributed by atoms with E-state index in [0.29, 0.717) is 6.54 Å². The minimum absolute atomic E-state index is 0.0164. The van der Waals surface area contributed by atoms with Gasteiger partial charge in [0.15, 0.2) is 0 Å². The van der Waals surface area contributed by atoms with Crippen LogP contribution in [-0.4, -0.2) is 23.5 Å². The van der Waals surface area contributed by atoms with Crippen molar-refractivity contribution < 1.29 is 8.78 Å². The number of hydrogen-bond acceptors (Lipinski definition) is 4. The SMILES string of the molecule is CN(Cc1cscn1)C(CN)c1c(F)cccc1F. The number of aromatic nitrogens is 1. The minimum atomic E-state index is -0.569. The molecule has 1 atom stereocenters. The van der Waals surface area contributed by atoms with Crippen molar-refractivity contribution in [3.05, 3.63) is 52.0 Å². The molecule has 0 saturated carbocycles. The molecule has 1 heterocycles. The molecule has 0 spiro atoms. The molecule has 1 aromatic carbocycles. The minimum Gasteiger partial charge on any atom is -0.329 e. The average Bonchev–Trinajstić information content (AvgIpc) is 2.86. The second-order valence-corrected chi connectivity index (χ2v) is 5.00. The monoisotopic (exact) mass is 283 g/mol. The molecule has 0 aliphatic heterocycles. The second kappa shape index (κ2) is 6.18. The highest BCUT2D eigenvalue weighted by Gasteiger charge is 2.23. The molecule has 2 rings (SSSR count). The Bertz CT molecular complexity index is 510. The fraction of sp³-hybridized carbons (Fsp3) is 0.308. The molecule has 0 fully saturated rings. The summed E-state index contributed by atoms with van der Waals surface area (Å²) in [7, 11) is 1.78. The molecule has 0 aliphatic rings. The van der Waals surface area contributed by atoms with Crippen molar-refractivity contribution in [3.63, 3.8) is 0 Å². The van der Waals surface area contributed by atoms with Gasteiger partial charge in [0.05, 0.1) is 17.2 Å². The number of halogens is 2. The van der Waals surface area contributed by atoms with Gasteiger partial charge in [-0.25, -0.2) is 13.8 Å². The maximum absolute atomic E-state index is 13.8. The lowest BCUT2D eigenvalue weighted by Gasteiger charge is -2.27. The topological polar surface area (TPSA) is 42.2 Å². The average molecular weight is 283 g/mol. The summed E-state index contributed by atoms with van der Waals surface area (Å²) in [5.41, 5.74) is 8.29. The van der Waals surface area contributed by atoms with Crippen LogP contribution in [0.25, 0.3) is 0 Å². The third-order valence-electron chi connectivity index (χ3n) is 2.98. The molecular weight excluding hydrogens is 268 g/mol. The van der Waals surface area contributed by atoms with Crippen LogP contribution < -0.4 is 5.73 Å². The van der Waals surface area contributed by atoms with Crippen molar-refractivity contribution in [2.45, 2.75) is 12.6 Å². The van der Waals surface area contributed by atoms with E-state index < -0.39 is 17.7 Å². The van der Waals surface area contributed by atoms with Crippen molar-refractivity contribution in [1.29, 1.82) is 0 Å². The molecule has 0 aliphatic carbocycles. The van der Waals surface area contributed by atoms with E-state index in [4.69, 9.17) is 5.73 Å². The van der Waals surface area contributed by atoms with Gasteiger partial charge in [-0.15, -0.1) is 11.3 Å². The van der Waals surface area contributed by atoms with Crippen LogP contribution in [-0.2, 0) is 6.54 Å². The Labute approximate surface area is 114 Å². The van der Waals surface area contributed by atoms with E-state index in [9.17, 15) is 8.78 Å². The van der Waals surface area contributed by atoms with Crippen LogP contribution in [0, 0.1) is 11.6 Å². The van der Waals surface area contributed by atoms with Crippen LogP contribution in [0.15, 0.2) is 29.1 Å². The fourth-order valence-corrected chi connectivity index (χ4v) is 2.58. The number of benzene rings is 1. The Morgan fingerprint density at radius 3 is 2.58 bits per heavy atom. The Balaban J connectivity index is 2.24. The highest BCUT2D eigenvalue weighted by molar-refractivity contribution is 7.07. The van der Waals surface area contributed by atoms with Gasteiger partial charge in [-0.1, -0.05) is 6.07 Å². The molecule has 19 heavy (non-hydrogen) atoms. The zero-order chi connectivity index (χ0) is 13.8. The molecule has 2 aromatic rings. The quantitative estimate of drug-likeness (QED) is 0.917. The number of hydrogen-bond donors (Lipinski definition) is 1. The van der Waals surface area contributed by atoms with Crippen LogP contribution in [0.3, 0.4) is 0 Å². The third-order valence-corrected chi connectivity index (χ3v) is 3.62. The Kier molecular flexibility index (Phi) is 4.57. The zero-order valence-electron chi connectivity index (χ0n) is 10.5. The molecule has 0 bridgehead atoms. The number of nitrogens with two attached hydrogens (primary N) is 1. The molecule has 6 heteroatoms. The van der Waals surface area contributed by atoms with Crippen molar-refractivity contribution in [2.24, 2.45) is 5.73 Å². The largest absolute Gasteiger partial charge is 0.329 e. The first-order valence-electron chi connectivity index (χ1n) is 5.84. The lowest BCUT2D eigenvalue weighted by atomic mass is 10.0. The predicted octanol–water partition coefficient (Wildman–Crippen LogP) is 2.55. The number of rotatable bonds is 5. The van der Waals surface area contributed by atoms with E-state index in [1.54, 1.807) is 17.5 Å². The van der Waals surface area contributed by atoms with Crippen molar-refractivity contribution >= 4 is 11.3 Å². The van der Waals surface area contributed by atoms with Crippen LogP contribution in [0.4, 0.5) is 8.78 Å². The lowest BCUT2D eigenvalue weighted by Crippen LogP contribution is -2.31. The molecule has 1 unspecified atom stereocenters. The number of likely N-dealkylation sites (N-methyl/N-ethyl adjacent to an activating group) is 1. The second-order valence-electron chi connectivity index (χ2n) is 4.28. The van der Waals surface area contributed by atoms with Crippen LogP contribution in [0.1, 0.15) is 17.3 Å². The first kappa shape index (κ1) is 14.0. The maximum Gasteiger partial charge on any atom is 0.130 e. The van der Waals surface area contributed by atoms with Gasteiger partial charge in [0.25, 0.3) is 0 Å². The summed E-state index contributed by atoms with van der Waals surface area (Å²) in [5, 5.41) is 1.90. The van der Waals surface area contributed by atoms with E-state index in [0.717, 1.165) is 5.69 Å².